The van der Waals surface area contributed by atoms with E-state index in [0.29, 0.717) is 5.70 Å². The van der Waals surface area contributed by atoms with Gasteiger partial charge in [-0.1, -0.05) is 18.7 Å². The molecule has 2 amide bonds. The quantitative estimate of drug-likeness (QED) is 0.849. The number of anilines is 1. The summed E-state index contributed by atoms with van der Waals surface area (Å²) in [6.07, 6.45) is 0. The Bertz CT molecular complexity index is 552. The number of fused-ring (bicyclic) bond motifs is 1. The van der Waals surface area contributed by atoms with Crippen LogP contribution in [0.1, 0.15) is 18.1 Å². The Morgan fingerprint density at radius 1 is 1.47 bits per heavy atom. The lowest BCUT2D eigenvalue weighted by atomic mass is 10.0. The number of nitrogens with one attached hydrogen (secondary N) is 1. The summed E-state index contributed by atoms with van der Waals surface area (Å²) in [5, 5.41) is 2.75. The SMILES string of the molecule is C=C1c2c(C)cccc2NC(=O)N1CC(=O)OCC. The van der Waals surface area contributed by atoms with E-state index >= 15 is 0 Å². The van der Waals surface area contributed by atoms with E-state index < -0.39 is 5.97 Å². The van der Waals surface area contributed by atoms with Gasteiger partial charge in [-0.15, -0.1) is 0 Å². The first kappa shape index (κ1) is 13.1. The van der Waals surface area contributed by atoms with Gasteiger partial charge in [-0.3, -0.25) is 9.69 Å². The first-order chi connectivity index (χ1) is 9.04. The smallest absolute Gasteiger partial charge is 0.326 e. The molecule has 1 aliphatic rings. The van der Waals surface area contributed by atoms with Crippen molar-refractivity contribution in [3.8, 4) is 0 Å². The highest BCUT2D eigenvalue weighted by Gasteiger charge is 2.29. The van der Waals surface area contributed by atoms with Gasteiger partial charge in [-0.2, -0.15) is 0 Å². The molecule has 0 spiro atoms. The number of amides is 2. The summed E-state index contributed by atoms with van der Waals surface area (Å²) in [5.74, 6) is -0.448. The van der Waals surface area contributed by atoms with Gasteiger partial charge in [0.05, 0.1) is 12.3 Å². The summed E-state index contributed by atoms with van der Waals surface area (Å²) in [4.78, 5) is 24.8. The van der Waals surface area contributed by atoms with Crippen molar-refractivity contribution in [1.82, 2.24) is 4.90 Å². The minimum atomic E-state index is -0.448. The maximum Gasteiger partial charge on any atom is 0.326 e. The van der Waals surface area contributed by atoms with Crippen LogP contribution < -0.4 is 5.32 Å². The molecule has 1 aliphatic heterocycles. The molecule has 0 saturated heterocycles. The molecule has 0 atom stereocenters. The summed E-state index contributed by atoms with van der Waals surface area (Å²) >= 11 is 0. The van der Waals surface area contributed by atoms with Crippen LogP contribution in [0.25, 0.3) is 5.70 Å². The van der Waals surface area contributed by atoms with Crippen molar-refractivity contribution in [3.63, 3.8) is 0 Å². The third-order valence-corrected chi connectivity index (χ3v) is 2.97. The molecule has 0 unspecified atom stereocenters. The van der Waals surface area contributed by atoms with Crippen LogP contribution in [0.15, 0.2) is 24.8 Å². The van der Waals surface area contributed by atoms with Gasteiger partial charge in [0, 0.05) is 11.3 Å². The molecule has 1 N–H and O–H groups in total. The van der Waals surface area contributed by atoms with Crippen molar-refractivity contribution in [1.29, 1.82) is 0 Å². The van der Waals surface area contributed by atoms with Crippen LogP contribution >= 0.6 is 0 Å². The van der Waals surface area contributed by atoms with Gasteiger partial charge in [0.25, 0.3) is 0 Å². The molecule has 5 nitrogen and oxygen atoms in total. The Morgan fingerprint density at radius 3 is 2.89 bits per heavy atom. The Labute approximate surface area is 111 Å². The molecule has 0 saturated carbocycles. The Morgan fingerprint density at radius 2 is 2.21 bits per heavy atom. The summed E-state index contributed by atoms with van der Waals surface area (Å²) in [7, 11) is 0. The minimum Gasteiger partial charge on any atom is -0.465 e. The Hall–Kier alpha value is -2.30. The number of hydrogen-bond donors (Lipinski definition) is 1. The molecular formula is C14H16N2O3. The van der Waals surface area contributed by atoms with Gasteiger partial charge in [0.2, 0.25) is 0 Å². The molecule has 0 radical (unpaired) electrons. The lowest BCUT2D eigenvalue weighted by molar-refractivity contribution is -0.143. The lowest BCUT2D eigenvalue weighted by Crippen LogP contribution is -2.41. The standard InChI is InChI=1S/C14H16N2O3/c1-4-19-12(17)8-16-10(3)13-9(2)6-5-7-11(13)15-14(16)18/h5-7H,3-4,8H2,1-2H3,(H,15,18). The topological polar surface area (TPSA) is 58.6 Å². The summed E-state index contributed by atoms with van der Waals surface area (Å²) in [6.45, 7) is 7.73. The van der Waals surface area contributed by atoms with E-state index in [4.69, 9.17) is 4.74 Å². The first-order valence-corrected chi connectivity index (χ1v) is 6.07. The predicted octanol–water partition coefficient (Wildman–Crippen LogP) is 2.38. The molecule has 1 aromatic rings. The molecule has 0 aromatic heterocycles. The van der Waals surface area contributed by atoms with E-state index in [-0.39, 0.29) is 19.2 Å². The molecule has 0 bridgehead atoms. The second kappa shape index (κ2) is 5.14. The van der Waals surface area contributed by atoms with E-state index in [0.717, 1.165) is 16.8 Å². The minimum absolute atomic E-state index is 0.133. The van der Waals surface area contributed by atoms with Gasteiger partial charge in [-0.05, 0) is 25.5 Å². The van der Waals surface area contributed by atoms with E-state index in [9.17, 15) is 9.59 Å². The van der Waals surface area contributed by atoms with Gasteiger partial charge in [0.15, 0.2) is 0 Å². The van der Waals surface area contributed by atoms with Crippen molar-refractivity contribution >= 4 is 23.4 Å². The monoisotopic (exact) mass is 260 g/mol. The Kier molecular flexibility index (Phi) is 3.55. The number of ether oxygens (including phenoxy) is 1. The van der Waals surface area contributed by atoms with Crippen LogP contribution in [0.3, 0.4) is 0 Å². The van der Waals surface area contributed by atoms with Gasteiger partial charge in [-0.25, -0.2) is 4.79 Å². The average molecular weight is 260 g/mol. The summed E-state index contributed by atoms with van der Waals surface area (Å²) in [5.41, 5.74) is 3.09. The maximum absolute atomic E-state index is 12.0. The van der Waals surface area contributed by atoms with Crippen LogP contribution in [0.4, 0.5) is 10.5 Å². The van der Waals surface area contributed by atoms with Crippen LogP contribution in [0, 0.1) is 6.92 Å². The highest BCUT2D eigenvalue weighted by Crippen LogP contribution is 2.33. The number of aryl methyl sites for hydroxylation is 1. The van der Waals surface area contributed by atoms with Crippen molar-refractivity contribution in [2.24, 2.45) is 0 Å². The number of benzene rings is 1. The zero-order valence-electron chi connectivity index (χ0n) is 11.0. The number of nitrogens with zero attached hydrogens (tertiary/aromatic N) is 1. The van der Waals surface area contributed by atoms with Crippen molar-refractivity contribution < 1.29 is 14.3 Å². The molecule has 1 aromatic carbocycles. The fourth-order valence-corrected chi connectivity index (χ4v) is 2.10. The third-order valence-electron chi connectivity index (χ3n) is 2.97. The second-order valence-corrected chi connectivity index (χ2v) is 4.27. The predicted molar refractivity (Wildman–Crippen MR) is 72.6 cm³/mol. The van der Waals surface area contributed by atoms with Crippen molar-refractivity contribution in [2.45, 2.75) is 13.8 Å². The number of esters is 1. The molecule has 19 heavy (non-hydrogen) atoms. The van der Waals surface area contributed by atoms with Gasteiger partial charge >= 0.3 is 12.0 Å². The summed E-state index contributed by atoms with van der Waals surface area (Å²) < 4.78 is 4.86. The number of rotatable bonds is 3. The highest BCUT2D eigenvalue weighted by molar-refractivity contribution is 6.04. The largest absolute Gasteiger partial charge is 0.465 e. The molecule has 0 fully saturated rings. The summed E-state index contributed by atoms with van der Waals surface area (Å²) in [6, 6.07) is 5.25. The van der Waals surface area contributed by atoms with Crippen LogP contribution in [0.5, 0.6) is 0 Å². The van der Waals surface area contributed by atoms with E-state index in [1.165, 1.54) is 4.90 Å². The van der Waals surface area contributed by atoms with Crippen molar-refractivity contribution in [3.05, 3.63) is 35.9 Å². The van der Waals surface area contributed by atoms with E-state index in [2.05, 4.69) is 11.9 Å². The molecular weight excluding hydrogens is 244 g/mol. The lowest BCUT2D eigenvalue weighted by Gasteiger charge is -2.31. The van der Waals surface area contributed by atoms with E-state index in [1.54, 1.807) is 6.92 Å². The molecule has 2 rings (SSSR count). The number of carbonyl (C=O) groups excluding carboxylic acids is 2. The molecule has 0 aliphatic carbocycles. The number of hydrogen-bond acceptors (Lipinski definition) is 3. The zero-order chi connectivity index (χ0) is 14.0. The number of urea groups is 1. The van der Waals surface area contributed by atoms with Crippen LogP contribution in [0.2, 0.25) is 0 Å². The molecule has 100 valence electrons. The van der Waals surface area contributed by atoms with Crippen LogP contribution in [-0.2, 0) is 9.53 Å². The number of carbonyl (C=O) groups is 2. The highest BCUT2D eigenvalue weighted by atomic mass is 16.5. The fourth-order valence-electron chi connectivity index (χ4n) is 2.10. The molecule has 5 heteroatoms. The maximum atomic E-state index is 12.0. The average Bonchev–Trinajstić information content (AvgIpc) is 2.34. The fraction of sp³-hybridized carbons (Fsp3) is 0.286. The zero-order valence-corrected chi connectivity index (χ0v) is 11.0. The van der Waals surface area contributed by atoms with Gasteiger partial charge in [0.1, 0.15) is 6.54 Å². The van der Waals surface area contributed by atoms with E-state index in [1.807, 2.05) is 25.1 Å². The Balaban J connectivity index is 2.29. The van der Waals surface area contributed by atoms with Crippen LogP contribution in [-0.4, -0.2) is 30.1 Å². The second-order valence-electron chi connectivity index (χ2n) is 4.27. The first-order valence-electron chi connectivity index (χ1n) is 6.07. The third kappa shape index (κ3) is 2.45. The normalized spacial score (nSPS) is 13.9. The van der Waals surface area contributed by atoms with Gasteiger partial charge < -0.3 is 10.1 Å². The molecule has 1 heterocycles. The van der Waals surface area contributed by atoms with Crippen molar-refractivity contribution in [2.75, 3.05) is 18.5 Å².